The molecule has 16 heavy (non-hydrogen) atoms. The third-order valence-corrected chi connectivity index (χ3v) is 2.53. The first-order chi connectivity index (χ1) is 7.56. The fourth-order valence-electron chi connectivity index (χ4n) is 1.72. The fourth-order valence-corrected chi connectivity index (χ4v) is 1.72. The number of unbranched alkanes of at least 4 members (excludes halogenated alkanes) is 1. The van der Waals surface area contributed by atoms with Crippen LogP contribution in [0, 0.1) is 12.7 Å². The van der Waals surface area contributed by atoms with Crippen molar-refractivity contribution in [3.63, 3.8) is 0 Å². The second-order valence-electron chi connectivity index (χ2n) is 3.85. The molecule has 0 radical (unpaired) electrons. The van der Waals surface area contributed by atoms with E-state index < -0.39 is 17.8 Å². The van der Waals surface area contributed by atoms with Crippen LogP contribution in [0.4, 0.5) is 13.2 Å². The molecule has 1 rings (SSSR count). The Morgan fingerprint density at radius 3 is 2.44 bits per heavy atom. The van der Waals surface area contributed by atoms with Crippen molar-refractivity contribution in [2.24, 2.45) is 5.73 Å². The van der Waals surface area contributed by atoms with Gasteiger partial charge in [-0.3, -0.25) is 0 Å². The Bertz CT molecular complexity index is 327. The number of aryl methyl sites for hydroxylation is 2. The average molecular weight is 231 g/mol. The van der Waals surface area contributed by atoms with Crippen LogP contribution in [-0.2, 0) is 6.42 Å². The Labute approximate surface area is 93.5 Å². The third kappa shape index (κ3) is 3.23. The number of alkyl halides is 2. The molecule has 90 valence electrons. The zero-order chi connectivity index (χ0) is 12.1. The van der Waals surface area contributed by atoms with Gasteiger partial charge >= 0.3 is 0 Å². The Morgan fingerprint density at radius 1 is 1.25 bits per heavy atom. The molecule has 1 nitrogen and oxygen atoms in total. The molecule has 0 aliphatic carbocycles. The lowest BCUT2D eigenvalue weighted by Crippen LogP contribution is -2.01. The number of hydrogen-bond donors (Lipinski definition) is 1. The van der Waals surface area contributed by atoms with Gasteiger partial charge in [-0.1, -0.05) is 6.07 Å². The topological polar surface area (TPSA) is 26.0 Å². The lowest BCUT2D eigenvalue weighted by Gasteiger charge is -2.09. The summed E-state index contributed by atoms with van der Waals surface area (Å²) in [4.78, 5) is 0. The first-order valence-corrected chi connectivity index (χ1v) is 5.33. The maximum absolute atomic E-state index is 13.4. The highest BCUT2D eigenvalue weighted by molar-refractivity contribution is 5.33. The van der Waals surface area contributed by atoms with Crippen LogP contribution >= 0.6 is 0 Å². The Morgan fingerprint density at radius 2 is 1.94 bits per heavy atom. The van der Waals surface area contributed by atoms with Gasteiger partial charge in [0, 0.05) is 0 Å². The SMILES string of the molecule is Cc1cc(CCCCN)cc(F)c1C(F)F. The molecule has 0 aliphatic heterocycles. The predicted molar refractivity (Wildman–Crippen MR) is 58.1 cm³/mol. The van der Waals surface area contributed by atoms with Crippen LogP contribution in [-0.4, -0.2) is 6.54 Å². The average Bonchev–Trinajstić information content (AvgIpc) is 2.16. The molecule has 0 amide bonds. The van der Waals surface area contributed by atoms with Crippen molar-refractivity contribution in [1.29, 1.82) is 0 Å². The Balaban J connectivity index is 2.83. The minimum Gasteiger partial charge on any atom is -0.330 e. The van der Waals surface area contributed by atoms with Crippen molar-refractivity contribution in [2.45, 2.75) is 32.6 Å². The van der Waals surface area contributed by atoms with Crippen molar-refractivity contribution >= 4 is 0 Å². The molecular formula is C12H16F3N. The molecule has 0 heterocycles. The van der Waals surface area contributed by atoms with Gasteiger partial charge in [0.15, 0.2) is 0 Å². The number of benzene rings is 1. The van der Waals surface area contributed by atoms with E-state index in [-0.39, 0.29) is 0 Å². The largest absolute Gasteiger partial charge is 0.330 e. The Kier molecular flexibility index (Phi) is 4.80. The van der Waals surface area contributed by atoms with E-state index in [1.165, 1.54) is 13.0 Å². The summed E-state index contributed by atoms with van der Waals surface area (Å²) < 4.78 is 38.3. The van der Waals surface area contributed by atoms with E-state index in [0.29, 0.717) is 18.5 Å². The maximum atomic E-state index is 13.4. The van der Waals surface area contributed by atoms with Crippen LogP contribution in [0.15, 0.2) is 12.1 Å². The van der Waals surface area contributed by atoms with Gasteiger partial charge in [0.1, 0.15) is 5.82 Å². The highest BCUT2D eigenvalue weighted by atomic mass is 19.3. The normalized spacial score (nSPS) is 11.1. The molecule has 0 saturated heterocycles. The summed E-state index contributed by atoms with van der Waals surface area (Å²) in [5.74, 6) is -0.808. The van der Waals surface area contributed by atoms with Gasteiger partial charge in [0.25, 0.3) is 6.43 Å². The van der Waals surface area contributed by atoms with Gasteiger partial charge in [0.05, 0.1) is 5.56 Å². The van der Waals surface area contributed by atoms with Crippen molar-refractivity contribution < 1.29 is 13.2 Å². The van der Waals surface area contributed by atoms with Gasteiger partial charge in [-0.2, -0.15) is 0 Å². The van der Waals surface area contributed by atoms with Crippen molar-refractivity contribution in [3.8, 4) is 0 Å². The fraction of sp³-hybridized carbons (Fsp3) is 0.500. The zero-order valence-electron chi connectivity index (χ0n) is 9.27. The first-order valence-electron chi connectivity index (χ1n) is 5.33. The number of rotatable bonds is 5. The lowest BCUT2D eigenvalue weighted by atomic mass is 10.0. The number of nitrogens with two attached hydrogens (primary N) is 1. The summed E-state index contributed by atoms with van der Waals surface area (Å²) in [5, 5.41) is 0. The van der Waals surface area contributed by atoms with E-state index in [1.807, 2.05) is 0 Å². The molecule has 2 N–H and O–H groups in total. The van der Waals surface area contributed by atoms with E-state index in [4.69, 9.17) is 5.73 Å². The van der Waals surface area contributed by atoms with Gasteiger partial charge in [-0.05, 0) is 49.9 Å². The molecule has 1 aromatic carbocycles. The van der Waals surface area contributed by atoms with Gasteiger partial charge in [-0.15, -0.1) is 0 Å². The second kappa shape index (κ2) is 5.89. The molecule has 1 aromatic rings. The molecule has 0 aliphatic rings. The van der Waals surface area contributed by atoms with Crippen LogP contribution in [0.25, 0.3) is 0 Å². The highest BCUT2D eigenvalue weighted by Gasteiger charge is 2.16. The monoisotopic (exact) mass is 231 g/mol. The predicted octanol–water partition coefficient (Wildman–Crippen LogP) is 3.35. The molecule has 0 unspecified atom stereocenters. The molecule has 0 aromatic heterocycles. The first kappa shape index (κ1) is 13.0. The summed E-state index contributed by atoms with van der Waals surface area (Å²) in [6.45, 7) is 2.10. The van der Waals surface area contributed by atoms with Crippen LogP contribution in [0.5, 0.6) is 0 Å². The van der Waals surface area contributed by atoms with Gasteiger partial charge in [-0.25, -0.2) is 13.2 Å². The molecule has 0 bridgehead atoms. The maximum Gasteiger partial charge on any atom is 0.266 e. The van der Waals surface area contributed by atoms with Crippen molar-refractivity contribution in [3.05, 3.63) is 34.6 Å². The van der Waals surface area contributed by atoms with E-state index in [0.717, 1.165) is 18.4 Å². The zero-order valence-corrected chi connectivity index (χ0v) is 9.27. The minimum absolute atomic E-state index is 0.317. The van der Waals surface area contributed by atoms with E-state index in [1.54, 1.807) is 6.07 Å². The summed E-state index contributed by atoms with van der Waals surface area (Å²) in [5.41, 5.74) is 5.93. The van der Waals surface area contributed by atoms with Crippen LogP contribution in [0.3, 0.4) is 0 Å². The van der Waals surface area contributed by atoms with Crippen LogP contribution < -0.4 is 5.73 Å². The molecule has 0 spiro atoms. The van der Waals surface area contributed by atoms with Crippen molar-refractivity contribution in [2.75, 3.05) is 6.54 Å². The summed E-state index contributed by atoms with van der Waals surface area (Å²) in [7, 11) is 0. The third-order valence-electron chi connectivity index (χ3n) is 2.53. The van der Waals surface area contributed by atoms with Crippen LogP contribution in [0.1, 0.15) is 36.0 Å². The molecule has 0 atom stereocenters. The summed E-state index contributed by atoms with van der Waals surface area (Å²) in [6.07, 6.45) is -0.364. The van der Waals surface area contributed by atoms with E-state index >= 15 is 0 Å². The molecular weight excluding hydrogens is 215 g/mol. The van der Waals surface area contributed by atoms with Crippen molar-refractivity contribution in [1.82, 2.24) is 0 Å². The number of hydrogen-bond acceptors (Lipinski definition) is 1. The minimum atomic E-state index is -2.75. The highest BCUT2D eigenvalue weighted by Crippen LogP contribution is 2.27. The van der Waals surface area contributed by atoms with Gasteiger partial charge < -0.3 is 5.73 Å². The lowest BCUT2D eigenvalue weighted by molar-refractivity contribution is 0.145. The number of halogens is 3. The summed E-state index contributed by atoms with van der Waals surface area (Å²) in [6, 6.07) is 2.83. The molecule has 0 saturated carbocycles. The molecule has 4 heteroatoms. The van der Waals surface area contributed by atoms with E-state index in [2.05, 4.69) is 0 Å². The standard InChI is InChI=1S/C12H16F3N/c1-8-6-9(4-2-3-5-16)7-10(13)11(8)12(14)15/h6-7,12H,2-5,16H2,1H3. The smallest absolute Gasteiger partial charge is 0.266 e. The molecule has 0 fully saturated rings. The van der Waals surface area contributed by atoms with E-state index in [9.17, 15) is 13.2 Å². The Hall–Kier alpha value is -1.03. The van der Waals surface area contributed by atoms with Crippen LogP contribution in [0.2, 0.25) is 0 Å². The second-order valence-corrected chi connectivity index (χ2v) is 3.85. The quantitative estimate of drug-likeness (QED) is 0.773. The summed E-state index contributed by atoms with van der Waals surface area (Å²) >= 11 is 0. The van der Waals surface area contributed by atoms with Gasteiger partial charge in [0.2, 0.25) is 0 Å².